The third kappa shape index (κ3) is 5.56. The highest BCUT2D eigenvalue weighted by molar-refractivity contribution is 6.12. The first kappa shape index (κ1) is 24.7. The smallest absolute Gasteiger partial charge is 0.258 e. The number of hydrogen-bond acceptors (Lipinski definition) is 3. The molecule has 190 valence electrons. The molecule has 37 heavy (non-hydrogen) atoms. The van der Waals surface area contributed by atoms with Crippen LogP contribution in [0.3, 0.4) is 0 Å². The van der Waals surface area contributed by atoms with Crippen LogP contribution < -0.4 is 15.0 Å². The molecule has 0 bridgehead atoms. The lowest BCUT2D eigenvalue weighted by Gasteiger charge is -2.34. The molecule has 3 aromatic carbocycles. The SMILES string of the molecule is O=C(NC1CCCCC1)C(c1ccc(F)cc1)N(C(=O)C1=Cc2ccccc2OC1)c1ccc(F)cc1. The van der Waals surface area contributed by atoms with Crippen molar-refractivity contribution >= 4 is 23.6 Å². The van der Waals surface area contributed by atoms with Crippen LogP contribution in [0.2, 0.25) is 0 Å². The monoisotopic (exact) mass is 502 g/mol. The van der Waals surface area contributed by atoms with E-state index in [0.29, 0.717) is 22.6 Å². The first-order valence-corrected chi connectivity index (χ1v) is 12.6. The number of carbonyl (C=O) groups is 2. The lowest BCUT2D eigenvalue weighted by atomic mass is 9.94. The van der Waals surface area contributed by atoms with Crippen molar-refractivity contribution in [2.75, 3.05) is 11.5 Å². The number of benzene rings is 3. The van der Waals surface area contributed by atoms with Gasteiger partial charge in [-0.3, -0.25) is 14.5 Å². The van der Waals surface area contributed by atoms with Crippen LogP contribution in [0.1, 0.15) is 49.3 Å². The van der Waals surface area contributed by atoms with E-state index in [2.05, 4.69) is 5.32 Å². The van der Waals surface area contributed by atoms with Gasteiger partial charge in [0.1, 0.15) is 30.0 Å². The number of anilines is 1. The van der Waals surface area contributed by atoms with E-state index in [1.807, 2.05) is 24.3 Å². The van der Waals surface area contributed by atoms with Gasteiger partial charge in [0.05, 0.1) is 5.57 Å². The van der Waals surface area contributed by atoms with Gasteiger partial charge in [-0.15, -0.1) is 0 Å². The quantitative estimate of drug-likeness (QED) is 0.452. The van der Waals surface area contributed by atoms with E-state index in [4.69, 9.17) is 4.74 Å². The van der Waals surface area contributed by atoms with Crippen LogP contribution in [0.15, 0.2) is 78.4 Å². The average Bonchev–Trinajstić information content (AvgIpc) is 2.93. The van der Waals surface area contributed by atoms with Gasteiger partial charge in [0.2, 0.25) is 5.91 Å². The second-order valence-corrected chi connectivity index (χ2v) is 9.45. The maximum atomic E-state index is 14.1. The molecular weight excluding hydrogens is 474 g/mol. The zero-order chi connectivity index (χ0) is 25.8. The fraction of sp³-hybridized carbons (Fsp3) is 0.267. The van der Waals surface area contributed by atoms with Gasteiger partial charge < -0.3 is 10.1 Å². The van der Waals surface area contributed by atoms with E-state index in [0.717, 1.165) is 37.7 Å². The fourth-order valence-corrected chi connectivity index (χ4v) is 4.97. The van der Waals surface area contributed by atoms with Crippen molar-refractivity contribution < 1.29 is 23.1 Å². The standard InChI is InChI=1S/C30H28F2N2O3/c31-23-12-10-20(11-13-23)28(29(35)33-25-7-2-1-3-8-25)34(26-16-14-24(32)15-17-26)30(36)22-18-21-6-4-5-9-27(21)37-19-22/h4-6,9-18,25,28H,1-3,7-8,19H2,(H,33,35). The summed E-state index contributed by atoms with van der Waals surface area (Å²) in [5.74, 6) is -1.06. The molecule has 0 saturated heterocycles. The highest BCUT2D eigenvalue weighted by Gasteiger charge is 2.36. The maximum Gasteiger partial charge on any atom is 0.258 e. The Bertz CT molecular complexity index is 1300. The Labute approximate surface area is 214 Å². The normalized spacial score (nSPS) is 16.1. The first-order valence-electron chi connectivity index (χ1n) is 12.6. The molecular formula is C30H28F2N2O3. The number of hydrogen-bond donors (Lipinski definition) is 1. The topological polar surface area (TPSA) is 58.6 Å². The van der Waals surface area contributed by atoms with Gasteiger partial charge in [-0.2, -0.15) is 0 Å². The molecule has 2 aliphatic rings. The van der Waals surface area contributed by atoms with Crippen LogP contribution in [0, 0.1) is 11.6 Å². The summed E-state index contributed by atoms with van der Waals surface area (Å²) in [5, 5.41) is 3.12. The van der Waals surface area contributed by atoms with Crippen LogP contribution in [0.4, 0.5) is 14.5 Å². The van der Waals surface area contributed by atoms with Crippen LogP contribution >= 0.6 is 0 Å². The molecule has 1 atom stereocenters. The number of ether oxygens (including phenoxy) is 1. The molecule has 2 amide bonds. The predicted octanol–water partition coefficient (Wildman–Crippen LogP) is 5.96. The molecule has 5 rings (SSSR count). The minimum atomic E-state index is -1.10. The molecule has 0 radical (unpaired) electrons. The van der Waals surface area contributed by atoms with Crippen molar-refractivity contribution in [3.05, 3.63) is 101 Å². The summed E-state index contributed by atoms with van der Waals surface area (Å²) in [5.41, 5.74) is 1.89. The molecule has 3 aromatic rings. The molecule has 5 nitrogen and oxygen atoms in total. The second kappa shape index (κ2) is 10.9. The number of para-hydroxylation sites is 1. The number of halogens is 2. The van der Waals surface area contributed by atoms with Crippen LogP contribution in [-0.4, -0.2) is 24.5 Å². The molecule has 0 spiro atoms. The van der Waals surface area contributed by atoms with E-state index in [9.17, 15) is 18.4 Å². The first-order chi connectivity index (χ1) is 18.0. The lowest BCUT2D eigenvalue weighted by Crippen LogP contribution is -2.48. The number of rotatable bonds is 6. The number of fused-ring (bicyclic) bond motifs is 1. The third-order valence-electron chi connectivity index (χ3n) is 6.87. The number of amides is 2. The summed E-state index contributed by atoms with van der Waals surface area (Å²) in [6.07, 6.45) is 6.65. The van der Waals surface area contributed by atoms with E-state index < -0.39 is 23.6 Å². The van der Waals surface area contributed by atoms with Crippen molar-refractivity contribution in [3.8, 4) is 5.75 Å². The Morgan fingerprint density at radius 2 is 1.51 bits per heavy atom. The molecule has 1 aliphatic heterocycles. The summed E-state index contributed by atoms with van der Waals surface area (Å²) < 4.78 is 33.5. The largest absolute Gasteiger partial charge is 0.488 e. The summed E-state index contributed by atoms with van der Waals surface area (Å²) in [7, 11) is 0. The molecule has 1 saturated carbocycles. The van der Waals surface area contributed by atoms with Crippen LogP contribution in [0.25, 0.3) is 6.08 Å². The third-order valence-corrected chi connectivity index (χ3v) is 6.87. The van der Waals surface area contributed by atoms with Crippen molar-refractivity contribution in [1.82, 2.24) is 5.32 Å². The number of nitrogens with one attached hydrogen (secondary N) is 1. The van der Waals surface area contributed by atoms with Gasteiger partial charge in [-0.1, -0.05) is 49.6 Å². The molecule has 7 heteroatoms. The Morgan fingerprint density at radius 3 is 2.22 bits per heavy atom. The van der Waals surface area contributed by atoms with Gasteiger partial charge in [0.15, 0.2) is 0 Å². The summed E-state index contributed by atoms with van der Waals surface area (Å²) in [4.78, 5) is 29.3. The Kier molecular flexibility index (Phi) is 7.30. The van der Waals surface area contributed by atoms with Gasteiger partial charge in [0.25, 0.3) is 5.91 Å². The van der Waals surface area contributed by atoms with Gasteiger partial charge in [-0.05, 0) is 66.9 Å². The van der Waals surface area contributed by atoms with Crippen molar-refractivity contribution in [2.45, 2.75) is 44.2 Å². The van der Waals surface area contributed by atoms with Gasteiger partial charge >= 0.3 is 0 Å². The van der Waals surface area contributed by atoms with E-state index >= 15 is 0 Å². The Hall–Kier alpha value is -4.00. The van der Waals surface area contributed by atoms with Crippen LogP contribution in [-0.2, 0) is 9.59 Å². The van der Waals surface area contributed by atoms with Crippen molar-refractivity contribution in [3.63, 3.8) is 0 Å². The molecule has 1 heterocycles. The molecule has 1 unspecified atom stereocenters. The van der Waals surface area contributed by atoms with Crippen LogP contribution in [0.5, 0.6) is 5.75 Å². The highest BCUT2D eigenvalue weighted by Crippen LogP contribution is 2.33. The summed E-state index contributed by atoms with van der Waals surface area (Å²) >= 11 is 0. The second-order valence-electron chi connectivity index (χ2n) is 9.45. The predicted molar refractivity (Wildman–Crippen MR) is 138 cm³/mol. The van der Waals surface area contributed by atoms with Crippen molar-refractivity contribution in [1.29, 1.82) is 0 Å². The average molecular weight is 503 g/mol. The maximum absolute atomic E-state index is 14.1. The van der Waals surface area contributed by atoms with Crippen molar-refractivity contribution in [2.24, 2.45) is 0 Å². The van der Waals surface area contributed by atoms with Gasteiger partial charge in [-0.25, -0.2) is 8.78 Å². The van der Waals surface area contributed by atoms with E-state index in [1.165, 1.54) is 53.4 Å². The minimum Gasteiger partial charge on any atom is -0.488 e. The Morgan fingerprint density at radius 1 is 0.865 bits per heavy atom. The molecule has 1 fully saturated rings. The van der Waals surface area contributed by atoms with Gasteiger partial charge in [0, 0.05) is 17.3 Å². The summed E-state index contributed by atoms with van der Waals surface area (Å²) in [6.45, 7) is 0.0217. The van der Waals surface area contributed by atoms with E-state index in [-0.39, 0.29) is 18.6 Å². The minimum absolute atomic E-state index is 0.00141. The zero-order valence-electron chi connectivity index (χ0n) is 20.3. The van der Waals surface area contributed by atoms with E-state index in [1.54, 1.807) is 6.08 Å². The highest BCUT2D eigenvalue weighted by atomic mass is 19.1. The molecule has 1 N–H and O–H groups in total. The fourth-order valence-electron chi connectivity index (χ4n) is 4.97. The summed E-state index contributed by atoms with van der Waals surface area (Å²) in [6, 6.07) is 17.2. The lowest BCUT2D eigenvalue weighted by molar-refractivity contribution is -0.126. The Balaban J connectivity index is 1.58. The molecule has 0 aromatic heterocycles. The zero-order valence-corrected chi connectivity index (χ0v) is 20.3. The molecule has 1 aliphatic carbocycles. The number of carbonyl (C=O) groups excluding carboxylic acids is 2. The number of nitrogens with zero attached hydrogens (tertiary/aromatic N) is 1.